The molecule has 1 aromatic carbocycles. The Morgan fingerprint density at radius 2 is 1.91 bits per heavy atom. The molecule has 3 unspecified atom stereocenters. The quantitative estimate of drug-likeness (QED) is 0.399. The van der Waals surface area contributed by atoms with E-state index in [4.69, 9.17) is 22.4 Å². The van der Waals surface area contributed by atoms with Gasteiger partial charge in [0.15, 0.2) is 5.78 Å². The number of rotatable bonds is 8. The summed E-state index contributed by atoms with van der Waals surface area (Å²) in [4.78, 5) is 51.6. The third-order valence-electron chi connectivity index (χ3n) is 5.76. The van der Waals surface area contributed by atoms with Gasteiger partial charge in [-0.2, -0.15) is 0 Å². The van der Waals surface area contributed by atoms with Crippen molar-refractivity contribution in [2.24, 2.45) is 11.3 Å². The zero-order valence-electron chi connectivity index (χ0n) is 19.0. The number of carboxylic acid groups (broad SMARTS) is 1. The first-order valence-corrected chi connectivity index (χ1v) is 11.1. The highest BCUT2D eigenvalue weighted by atomic mass is 35.5. The second-order valence-corrected chi connectivity index (χ2v) is 9.89. The fraction of sp³-hybridized carbons (Fsp3) is 0.565. The number of likely N-dealkylation sites (tertiary alicyclic amines) is 1. The molecule has 8 nitrogen and oxygen atoms in total. The third kappa shape index (κ3) is 6.45. The summed E-state index contributed by atoms with van der Waals surface area (Å²) < 4.78 is 0. The number of hydrogen-bond acceptors (Lipinski definition) is 5. The van der Waals surface area contributed by atoms with Crippen LogP contribution in [0.4, 0.5) is 5.69 Å². The van der Waals surface area contributed by atoms with Gasteiger partial charge in [-0.3, -0.25) is 19.2 Å². The second-order valence-electron chi connectivity index (χ2n) is 9.48. The van der Waals surface area contributed by atoms with Crippen LogP contribution in [0.15, 0.2) is 18.2 Å². The molecule has 176 valence electrons. The van der Waals surface area contributed by atoms with Crippen LogP contribution >= 0.6 is 11.6 Å². The monoisotopic (exact) mass is 465 g/mol. The minimum absolute atomic E-state index is 0.0250. The lowest BCUT2D eigenvalue weighted by atomic mass is 9.76. The highest BCUT2D eigenvalue weighted by molar-refractivity contribution is 6.33. The van der Waals surface area contributed by atoms with Crippen LogP contribution in [0.1, 0.15) is 63.7 Å². The number of ketones is 1. The van der Waals surface area contributed by atoms with Gasteiger partial charge in [0.2, 0.25) is 11.8 Å². The maximum absolute atomic E-state index is 13.5. The Kier molecular flexibility index (Phi) is 8.29. The lowest BCUT2D eigenvalue weighted by Crippen LogP contribution is -2.51. The van der Waals surface area contributed by atoms with Crippen LogP contribution in [0.25, 0.3) is 0 Å². The fourth-order valence-electron chi connectivity index (χ4n) is 3.92. The lowest BCUT2D eigenvalue weighted by Gasteiger charge is -2.35. The van der Waals surface area contributed by atoms with Crippen LogP contribution in [-0.2, 0) is 14.4 Å². The molecule has 3 atom stereocenters. The molecule has 0 bridgehead atoms. The molecule has 0 radical (unpaired) electrons. The SMILES string of the molecule is CC(CC(=O)O)NC(=O)C1CCCN1C(=O)C(CC(=O)c1ccc(N)c(Cl)c1)C(C)(C)C. The van der Waals surface area contributed by atoms with Crippen molar-refractivity contribution in [1.29, 1.82) is 0 Å². The van der Waals surface area contributed by atoms with Crippen LogP contribution in [0.2, 0.25) is 5.02 Å². The number of carboxylic acids is 1. The van der Waals surface area contributed by atoms with E-state index in [1.807, 2.05) is 20.8 Å². The number of amides is 2. The van der Waals surface area contributed by atoms with E-state index < -0.39 is 29.4 Å². The molecule has 1 aromatic rings. The highest BCUT2D eigenvalue weighted by Gasteiger charge is 2.42. The summed E-state index contributed by atoms with van der Waals surface area (Å²) in [5.74, 6) is -2.50. The molecule has 1 saturated heterocycles. The second kappa shape index (κ2) is 10.3. The molecular weight excluding hydrogens is 434 g/mol. The molecule has 2 amide bonds. The van der Waals surface area contributed by atoms with E-state index in [1.165, 1.54) is 11.0 Å². The molecule has 1 aliphatic rings. The van der Waals surface area contributed by atoms with Crippen LogP contribution < -0.4 is 11.1 Å². The number of benzene rings is 1. The average molecular weight is 466 g/mol. The molecule has 0 aromatic heterocycles. The summed E-state index contributed by atoms with van der Waals surface area (Å²) in [6.07, 6.45) is 0.934. The van der Waals surface area contributed by atoms with Crippen molar-refractivity contribution in [3.8, 4) is 0 Å². The summed E-state index contributed by atoms with van der Waals surface area (Å²) in [6.45, 7) is 7.69. The Hall–Kier alpha value is -2.61. The van der Waals surface area contributed by atoms with Gasteiger partial charge in [0, 0.05) is 24.6 Å². The smallest absolute Gasteiger partial charge is 0.305 e. The maximum atomic E-state index is 13.5. The predicted molar refractivity (Wildman–Crippen MR) is 122 cm³/mol. The van der Waals surface area contributed by atoms with Gasteiger partial charge in [0.25, 0.3) is 0 Å². The summed E-state index contributed by atoms with van der Waals surface area (Å²) in [5, 5.41) is 11.9. The first kappa shape index (κ1) is 25.6. The molecule has 1 heterocycles. The molecule has 2 rings (SSSR count). The van der Waals surface area contributed by atoms with Crippen molar-refractivity contribution in [3.63, 3.8) is 0 Å². The first-order valence-electron chi connectivity index (χ1n) is 10.7. The molecule has 0 saturated carbocycles. The zero-order valence-corrected chi connectivity index (χ0v) is 19.7. The van der Waals surface area contributed by atoms with Crippen molar-refractivity contribution in [1.82, 2.24) is 10.2 Å². The summed E-state index contributed by atoms with van der Waals surface area (Å²) in [6, 6.07) is 3.42. The zero-order chi connectivity index (χ0) is 24.2. The summed E-state index contributed by atoms with van der Waals surface area (Å²) >= 11 is 6.04. The van der Waals surface area contributed by atoms with Crippen LogP contribution in [0, 0.1) is 11.3 Å². The first-order chi connectivity index (χ1) is 14.8. The fourth-order valence-corrected chi connectivity index (χ4v) is 4.10. The number of nitrogens with two attached hydrogens (primary N) is 1. The van der Waals surface area contributed by atoms with E-state index in [2.05, 4.69) is 5.32 Å². The van der Waals surface area contributed by atoms with Gasteiger partial charge in [-0.25, -0.2) is 0 Å². The predicted octanol–water partition coefficient (Wildman–Crippen LogP) is 3.13. The Labute approximate surface area is 193 Å². The maximum Gasteiger partial charge on any atom is 0.305 e. The minimum Gasteiger partial charge on any atom is -0.481 e. The van der Waals surface area contributed by atoms with Gasteiger partial charge in [0.05, 0.1) is 23.0 Å². The van der Waals surface area contributed by atoms with Crippen molar-refractivity contribution >= 4 is 40.9 Å². The third-order valence-corrected chi connectivity index (χ3v) is 6.09. The largest absolute Gasteiger partial charge is 0.481 e. The van der Waals surface area contributed by atoms with E-state index in [0.717, 1.165) is 0 Å². The molecule has 1 fully saturated rings. The van der Waals surface area contributed by atoms with Crippen molar-refractivity contribution in [3.05, 3.63) is 28.8 Å². The van der Waals surface area contributed by atoms with Gasteiger partial charge in [-0.1, -0.05) is 32.4 Å². The molecule has 4 N–H and O–H groups in total. The van der Waals surface area contributed by atoms with Crippen LogP contribution in [0.3, 0.4) is 0 Å². The van der Waals surface area contributed by atoms with Crippen molar-refractivity contribution < 1.29 is 24.3 Å². The normalized spacial score (nSPS) is 18.2. The van der Waals surface area contributed by atoms with Gasteiger partial charge in [-0.05, 0) is 43.4 Å². The Morgan fingerprint density at radius 3 is 2.47 bits per heavy atom. The highest BCUT2D eigenvalue weighted by Crippen LogP contribution is 2.34. The molecule has 32 heavy (non-hydrogen) atoms. The van der Waals surface area contributed by atoms with E-state index in [1.54, 1.807) is 19.1 Å². The number of anilines is 1. The van der Waals surface area contributed by atoms with Gasteiger partial charge in [-0.15, -0.1) is 0 Å². The van der Waals surface area contributed by atoms with Gasteiger partial charge in [0.1, 0.15) is 6.04 Å². The Balaban J connectivity index is 2.18. The topological polar surface area (TPSA) is 130 Å². The number of nitrogens with one attached hydrogen (secondary N) is 1. The number of aliphatic carboxylic acids is 1. The van der Waals surface area contributed by atoms with Crippen LogP contribution in [-0.4, -0.2) is 52.2 Å². The average Bonchev–Trinajstić information content (AvgIpc) is 3.16. The number of carbonyl (C=O) groups excluding carboxylic acids is 3. The minimum atomic E-state index is -1.01. The number of nitrogens with zero attached hydrogens (tertiary/aromatic N) is 1. The molecular formula is C23H32ClN3O5. The van der Waals surface area contributed by atoms with E-state index in [9.17, 15) is 19.2 Å². The van der Waals surface area contributed by atoms with E-state index in [0.29, 0.717) is 30.6 Å². The van der Waals surface area contributed by atoms with Crippen LogP contribution in [0.5, 0.6) is 0 Å². The molecule has 1 aliphatic heterocycles. The molecule has 0 aliphatic carbocycles. The summed E-state index contributed by atoms with van der Waals surface area (Å²) in [5.41, 5.74) is 5.95. The molecule has 9 heteroatoms. The Morgan fingerprint density at radius 1 is 1.25 bits per heavy atom. The van der Waals surface area contributed by atoms with E-state index in [-0.39, 0.29) is 35.5 Å². The molecule has 0 spiro atoms. The number of carbonyl (C=O) groups is 4. The van der Waals surface area contributed by atoms with Crippen molar-refractivity contribution in [2.45, 2.75) is 65.5 Å². The lowest BCUT2D eigenvalue weighted by molar-refractivity contribution is -0.145. The van der Waals surface area contributed by atoms with E-state index >= 15 is 0 Å². The van der Waals surface area contributed by atoms with Gasteiger partial charge >= 0.3 is 5.97 Å². The van der Waals surface area contributed by atoms with Crippen molar-refractivity contribution in [2.75, 3.05) is 12.3 Å². The number of hydrogen-bond donors (Lipinski definition) is 3. The summed E-state index contributed by atoms with van der Waals surface area (Å²) in [7, 11) is 0. The number of nitrogen functional groups attached to an aromatic ring is 1. The number of halogens is 1. The standard InChI is InChI=1S/C23H32ClN3O5/c1-13(10-20(29)30)26-21(31)18-6-5-9-27(18)22(32)15(23(2,3)4)12-19(28)14-7-8-17(25)16(24)11-14/h7-8,11,13,15,18H,5-6,9-10,12,25H2,1-4H3,(H,26,31)(H,29,30). The van der Waals surface area contributed by atoms with Gasteiger partial charge < -0.3 is 21.1 Å². The number of Topliss-reactive ketones (excluding diaryl/α,β-unsaturated/α-hetero) is 1. The Bertz CT molecular complexity index is 896.